The molecule has 2 amide bonds. The molecule has 9 nitrogen and oxygen atoms in total. The summed E-state index contributed by atoms with van der Waals surface area (Å²) in [5.41, 5.74) is 1.37. The van der Waals surface area contributed by atoms with Gasteiger partial charge in [0.15, 0.2) is 0 Å². The van der Waals surface area contributed by atoms with Gasteiger partial charge in [-0.3, -0.25) is 9.59 Å². The summed E-state index contributed by atoms with van der Waals surface area (Å²) in [6.45, 7) is -0.726. The fourth-order valence-electron chi connectivity index (χ4n) is 2.31. The van der Waals surface area contributed by atoms with E-state index in [-0.39, 0.29) is 13.2 Å². The molecule has 0 aliphatic heterocycles. The van der Waals surface area contributed by atoms with Crippen LogP contribution < -0.4 is 10.6 Å². The van der Waals surface area contributed by atoms with Gasteiger partial charge in [-0.15, -0.1) is 0 Å². The number of rotatable bonds is 8. The lowest BCUT2D eigenvalue weighted by Gasteiger charge is -2.09. The molecule has 0 aliphatic rings. The van der Waals surface area contributed by atoms with E-state index in [1.54, 1.807) is 36.4 Å². The lowest BCUT2D eigenvalue weighted by atomic mass is 10.2. The number of ether oxygens (including phenoxy) is 3. The molecule has 0 aromatic heterocycles. The Morgan fingerprint density at radius 1 is 0.724 bits per heavy atom. The molecule has 2 N–H and O–H groups in total. The molecule has 0 heterocycles. The highest BCUT2D eigenvalue weighted by Gasteiger charge is 2.10. The Labute approximate surface area is 166 Å². The highest BCUT2D eigenvalue weighted by Crippen LogP contribution is 2.12. The highest BCUT2D eigenvalue weighted by atomic mass is 16.5. The van der Waals surface area contributed by atoms with Gasteiger partial charge in [0.2, 0.25) is 11.8 Å². The molecule has 29 heavy (non-hydrogen) atoms. The van der Waals surface area contributed by atoms with Crippen LogP contribution in [0, 0.1) is 0 Å². The SMILES string of the molecule is COC(=O)c1cccc(NC(=O)COCC(=O)Nc2cccc(C(=O)OC)c2)c1. The Balaban J connectivity index is 1.79. The molecule has 0 unspecified atom stereocenters. The molecular weight excluding hydrogens is 380 g/mol. The molecule has 2 rings (SSSR count). The van der Waals surface area contributed by atoms with E-state index < -0.39 is 23.8 Å². The number of carbonyl (C=O) groups excluding carboxylic acids is 4. The molecule has 0 bridgehead atoms. The van der Waals surface area contributed by atoms with Crippen molar-refractivity contribution in [3.05, 3.63) is 59.7 Å². The van der Waals surface area contributed by atoms with E-state index in [2.05, 4.69) is 20.1 Å². The van der Waals surface area contributed by atoms with Crippen LogP contribution in [0.4, 0.5) is 11.4 Å². The molecule has 152 valence electrons. The predicted molar refractivity (Wildman–Crippen MR) is 104 cm³/mol. The van der Waals surface area contributed by atoms with Crippen LogP contribution in [0.25, 0.3) is 0 Å². The third-order valence-electron chi connectivity index (χ3n) is 3.60. The Bertz CT molecular complexity index is 838. The topological polar surface area (TPSA) is 120 Å². The van der Waals surface area contributed by atoms with Gasteiger partial charge in [0, 0.05) is 11.4 Å². The summed E-state index contributed by atoms with van der Waals surface area (Å²) in [6, 6.07) is 12.4. The quantitative estimate of drug-likeness (QED) is 0.649. The van der Waals surface area contributed by atoms with Gasteiger partial charge in [-0.05, 0) is 36.4 Å². The normalized spacial score (nSPS) is 10.0. The third-order valence-corrected chi connectivity index (χ3v) is 3.60. The molecule has 0 saturated heterocycles. The van der Waals surface area contributed by atoms with Gasteiger partial charge in [0.25, 0.3) is 0 Å². The number of anilines is 2. The van der Waals surface area contributed by atoms with Crippen LogP contribution in [-0.2, 0) is 23.8 Å². The van der Waals surface area contributed by atoms with Crippen molar-refractivity contribution in [1.82, 2.24) is 0 Å². The van der Waals surface area contributed by atoms with Crippen LogP contribution in [0.3, 0.4) is 0 Å². The van der Waals surface area contributed by atoms with Crippen molar-refractivity contribution in [2.75, 3.05) is 38.1 Å². The fraction of sp³-hybridized carbons (Fsp3) is 0.200. The van der Waals surface area contributed by atoms with Crippen molar-refractivity contribution < 1.29 is 33.4 Å². The van der Waals surface area contributed by atoms with Crippen LogP contribution in [0.5, 0.6) is 0 Å². The minimum atomic E-state index is -0.523. The van der Waals surface area contributed by atoms with Crippen molar-refractivity contribution in [3.8, 4) is 0 Å². The zero-order valence-corrected chi connectivity index (χ0v) is 15.9. The van der Waals surface area contributed by atoms with Crippen LogP contribution >= 0.6 is 0 Å². The molecule has 0 atom stereocenters. The number of esters is 2. The van der Waals surface area contributed by atoms with Gasteiger partial charge in [-0.25, -0.2) is 9.59 Å². The van der Waals surface area contributed by atoms with E-state index in [1.165, 1.54) is 26.4 Å². The molecule has 2 aromatic carbocycles. The van der Waals surface area contributed by atoms with Crippen LogP contribution in [-0.4, -0.2) is 51.2 Å². The maximum absolute atomic E-state index is 11.9. The monoisotopic (exact) mass is 400 g/mol. The summed E-state index contributed by atoms with van der Waals surface area (Å²) >= 11 is 0. The first-order chi connectivity index (χ1) is 13.9. The predicted octanol–water partition coefficient (Wildman–Crippen LogP) is 1.85. The minimum Gasteiger partial charge on any atom is -0.465 e. The molecular formula is C20H20N2O7. The molecule has 0 spiro atoms. The summed E-state index contributed by atoms with van der Waals surface area (Å²) in [5, 5.41) is 5.11. The Morgan fingerprint density at radius 3 is 1.52 bits per heavy atom. The van der Waals surface area contributed by atoms with E-state index in [1.807, 2.05) is 0 Å². The molecule has 0 fully saturated rings. The Hall–Kier alpha value is -3.72. The average Bonchev–Trinajstić information content (AvgIpc) is 2.72. The smallest absolute Gasteiger partial charge is 0.337 e. The Kier molecular flexibility index (Phi) is 7.87. The van der Waals surface area contributed by atoms with Crippen LogP contribution in [0.1, 0.15) is 20.7 Å². The molecule has 0 saturated carbocycles. The first-order valence-corrected chi connectivity index (χ1v) is 8.47. The summed E-state index contributed by atoms with van der Waals surface area (Å²) in [7, 11) is 2.52. The number of carbonyl (C=O) groups is 4. The third kappa shape index (κ3) is 6.74. The van der Waals surface area contributed by atoms with Crippen molar-refractivity contribution >= 4 is 35.1 Å². The second-order valence-electron chi connectivity index (χ2n) is 5.73. The summed E-state index contributed by atoms with van der Waals surface area (Å²) in [5.74, 6) is -2.03. The van der Waals surface area contributed by atoms with E-state index >= 15 is 0 Å². The average molecular weight is 400 g/mol. The van der Waals surface area contributed by atoms with Gasteiger partial charge < -0.3 is 24.8 Å². The van der Waals surface area contributed by atoms with E-state index in [0.29, 0.717) is 22.5 Å². The van der Waals surface area contributed by atoms with Gasteiger partial charge >= 0.3 is 11.9 Å². The second-order valence-corrected chi connectivity index (χ2v) is 5.73. The maximum atomic E-state index is 11.9. The number of nitrogens with one attached hydrogen (secondary N) is 2. The number of benzene rings is 2. The van der Waals surface area contributed by atoms with Gasteiger partial charge in [0.05, 0.1) is 25.3 Å². The van der Waals surface area contributed by atoms with E-state index in [9.17, 15) is 19.2 Å². The lowest BCUT2D eigenvalue weighted by molar-refractivity contribution is -0.125. The number of methoxy groups -OCH3 is 2. The first kappa shape index (κ1) is 21.6. The number of hydrogen-bond acceptors (Lipinski definition) is 7. The van der Waals surface area contributed by atoms with Gasteiger partial charge in [-0.1, -0.05) is 12.1 Å². The van der Waals surface area contributed by atoms with E-state index in [4.69, 9.17) is 4.74 Å². The molecule has 9 heteroatoms. The zero-order chi connectivity index (χ0) is 21.2. The summed E-state index contributed by atoms with van der Waals surface area (Å²) in [6.07, 6.45) is 0. The van der Waals surface area contributed by atoms with Gasteiger partial charge in [-0.2, -0.15) is 0 Å². The summed E-state index contributed by atoms with van der Waals surface area (Å²) in [4.78, 5) is 46.8. The van der Waals surface area contributed by atoms with E-state index in [0.717, 1.165) is 0 Å². The van der Waals surface area contributed by atoms with Crippen molar-refractivity contribution in [1.29, 1.82) is 0 Å². The van der Waals surface area contributed by atoms with Crippen molar-refractivity contribution in [2.24, 2.45) is 0 Å². The highest BCUT2D eigenvalue weighted by molar-refractivity contribution is 5.96. The second kappa shape index (κ2) is 10.6. The van der Waals surface area contributed by atoms with Crippen LogP contribution in [0.15, 0.2) is 48.5 Å². The van der Waals surface area contributed by atoms with Gasteiger partial charge in [0.1, 0.15) is 13.2 Å². The number of hydrogen-bond donors (Lipinski definition) is 2. The summed E-state index contributed by atoms with van der Waals surface area (Å²) < 4.78 is 14.3. The largest absolute Gasteiger partial charge is 0.465 e. The molecule has 0 radical (unpaired) electrons. The Morgan fingerprint density at radius 2 is 1.14 bits per heavy atom. The molecule has 2 aromatic rings. The fourth-order valence-corrected chi connectivity index (χ4v) is 2.31. The minimum absolute atomic E-state index is 0.291. The van der Waals surface area contributed by atoms with Crippen molar-refractivity contribution in [2.45, 2.75) is 0 Å². The maximum Gasteiger partial charge on any atom is 0.337 e. The standard InChI is InChI=1S/C20H20N2O7/c1-27-19(25)13-5-3-7-15(9-13)21-17(23)11-29-12-18(24)22-16-8-4-6-14(10-16)20(26)28-2/h3-10H,11-12H2,1-2H3,(H,21,23)(H,22,24). The molecule has 0 aliphatic carbocycles. The zero-order valence-electron chi connectivity index (χ0n) is 15.9. The first-order valence-electron chi connectivity index (χ1n) is 8.47. The lowest BCUT2D eigenvalue weighted by Crippen LogP contribution is -2.24. The number of amides is 2. The van der Waals surface area contributed by atoms with Crippen LogP contribution in [0.2, 0.25) is 0 Å². The van der Waals surface area contributed by atoms with Crippen molar-refractivity contribution in [3.63, 3.8) is 0 Å².